The predicted molar refractivity (Wildman–Crippen MR) is 73.3 cm³/mol. The number of aryl methyl sites for hydroxylation is 1. The van der Waals surface area contributed by atoms with Crippen molar-refractivity contribution in [1.82, 2.24) is 10.3 Å². The van der Waals surface area contributed by atoms with Crippen LogP contribution < -0.4 is 11.1 Å². The number of amides is 1. The first kappa shape index (κ1) is 13.5. The van der Waals surface area contributed by atoms with Gasteiger partial charge in [-0.15, -0.1) is 11.3 Å². The van der Waals surface area contributed by atoms with Gasteiger partial charge in [-0.05, 0) is 32.1 Å². The number of nitrogens with two attached hydrogens (primary N) is 1. The second kappa shape index (κ2) is 6.29. The molecule has 100 valence electrons. The third-order valence-corrected chi connectivity index (χ3v) is 4.65. The van der Waals surface area contributed by atoms with E-state index in [0.29, 0.717) is 6.04 Å². The average Bonchev–Trinajstić information content (AvgIpc) is 2.85. The first-order chi connectivity index (χ1) is 8.69. The fraction of sp³-hybridized carbons (Fsp3) is 0.692. The van der Waals surface area contributed by atoms with Crippen LogP contribution in [0.15, 0.2) is 5.38 Å². The molecule has 0 bridgehead atoms. The molecule has 1 saturated carbocycles. The molecule has 1 fully saturated rings. The molecular formula is C13H21N3OS. The molecule has 1 amide bonds. The average molecular weight is 267 g/mol. The Labute approximate surface area is 112 Å². The van der Waals surface area contributed by atoms with Crippen molar-refractivity contribution in [2.75, 3.05) is 0 Å². The zero-order valence-corrected chi connectivity index (χ0v) is 11.6. The Balaban J connectivity index is 1.73. The molecule has 2 rings (SSSR count). The van der Waals surface area contributed by atoms with E-state index in [1.54, 1.807) is 11.3 Å². The largest absolute Gasteiger partial charge is 0.369 e. The summed E-state index contributed by atoms with van der Waals surface area (Å²) in [6.45, 7) is 2.96. The third-order valence-electron chi connectivity index (χ3n) is 3.60. The van der Waals surface area contributed by atoms with E-state index in [0.717, 1.165) is 44.3 Å². The minimum absolute atomic E-state index is 0.0917. The van der Waals surface area contributed by atoms with Crippen LogP contribution in [0.25, 0.3) is 0 Å². The highest BCUT2D eigenvalue weighted by molar-refractivity contribution is 7.09. The summed E-state index contributed by atoms with van der Waals surface area (Å²) in [6, 6.07) is 0.507. The minimum Gasteiger partial charge on any atom is -0.369 e. The topological polar surface area (TPSA) is 68.0 Å². The molecule has 0 radical (unpaired) electrons. The summed E-state index contributed by atoms with van der Waals surface area (Å²) < 4.78 is 0. The lowest BCUT2D eigenvalue weighted by atomic mass is 9.85. The number of hydrogen-bond donors (Lipinski definition) is 2. The number of nitrogens with zero attached hydrogens (tertiary/aromatic N) is 1. The van der Waals surface area contributed by atoms with E-state index in [4.69, 9.17) is 5.73 Å². The summed E-state index contributed by atoms with van der Waals surface area (Å²) in [5, 5.41) is 6.85. The van der Waals surface area contributed by atoms with Crippen LogP contribution >= 0.6 is 11.3 Å². The zero-order chi connectivity index (χ0) is 13.0. The molecule has 0 aliphatic heterocycles. The van der Waals surface area contributed by atoms with Crippen molar-refractivity contribution in [3.63, 3.8) is 0 Å². The number of carbonyl (C=O) groups excluding carboxylic acids is 1. The van der Waals surface area contributed by atoms with Crippen molar-refractivity contribution in [2.24, 2.45) is 11.7 Å². The fourth-order valence-corrected chi connectivity index (χ4v) is 3.17. The summed E-state index contributed by atoms with van der Waals surface area (Å²) in [5.74, 6) is -0.0467. The van der Waals surface area contributed by atoms with Gasteiger partial charge >= 0.3 is 0 Å². The third kappa shape index (κ3) is 3.53. The van der Waals surface area contributed by atoms with Gasteiger partial charge in [-0.1, -0.05) is 6.92 Å². The van der Waals surface area contributed by atoms with Crippen LogP contribution in [-0.2, 0) is 17.8 Å². The van der Waals surface area contributed by atoms with Crippen LogP contribution in [0.3, 0.4) is 0 Å². The van der Waals surface area contributed by atoms with Crippen LogP contribution in [0.4, 0.5) is 0 Å². The van der Waals surface area contributed by atoms with E-state index in [-0.39, 0.29) is 11.8 Å². The molecule has 0 atom stereocenters. The Bertz CT molecular complexity index is 397. The van der Waals surface area contributed by atoms with Gasteiger partial charge in [0.15, 0.2) is 0 Å². The molecule has 1 aliphatic carbocycles. The minimum atomic E-state index is -0.138. The van der Waals surface area contributed by atoms with Crippen molar-refractivity contribution >= 4 is 17.2 Å². The quantitative estimate of drug-likeness (QED) is 0.855. The van der Waals surface area contributed by atoms with Crippen LogP contribution in [0.1, 0.15) is 43.3 Å². The lowest BCUT2D eigenvalue weighted by Gasteiger charge is -2.27. The molecule has 1 heterocycles. The zero-order valence-electron chi connectivity index (χ0n) is 10.8. The number of rotatable bonds is 5. The molecule has 1 aliphatic rings. The highest BCUT2D eigenvalue weighted by atomic mass is 32.1. The van der Waals surface area contributed by atoms with Crippen molar-refractivity contribution < 1.29 is 4.79 Å². The SMILES string of the molecule is CCc1nc(CNC2CCC(C(N)=O)CC2)cs1. The standard InChI is InChI=1S/C13H21N3OS/c1-2-12-16-11(8-18-12)7-15-10-5-3-9(4-6-10)13(14)17/h8-10,15H,2-7H2,1H3,(H2,14,17). The van der Waals surface area contributed by atoms with E-state index >= 15 is 0 Å². The molecule has 5 heteroatoms. The maximum atomic E-state index is 11.1. The van der Waals surface area contributed by atoms with Crippen LogP contribution in [0.2, 0.25) is 0 Å². The van der Waals surface area contributed by atoms with Crippen LogP contribution in [-0.4, -0.2) is 16.9 Å². The molecule has 4 nitrogen and oxygen atoms in total. The van der Waals surface area contributed by atoms with Crippen LogP contribution in [0, 0.1) is 5.92 Å². The van der Waals surface area contributed by atoms with Crippen molar-refractivity contribution in [2.45, 2.75) is 51.6 Å². The maximum absolute atomic E-state index is 11.1. The summed E-state index contributed by atoms with van der Waals surface area (Å²) in [5.41, 5.74) is 6.46. The molecule has 0 aromatic carbocycles. The molecule has 3 N–H and O–H groups in total. The Morgan fingerprint density at radius 1 is 1.50 bits per heavy atom. The van der Waals surface area contributed by atoms with Gasteiger partial charge < -0.3 is 11.1 Å². The number of primary amides is 1. The molecule has 1 aromatic rings. The normalized spacial score (nSPS) is 24.1. The van der Waals surface area contributed by atoms with E-state index in [1.165, 1.54) is 5.01 Å². The number of aromatic nitrogens is 1. The highest BCUT2D eigenvalue weighted by Crippen LogP contribution is 2.24. The molecule has 0 saturated heterocycles. The second-order valence-corrected chi connectivity index (χ2v) is 5.86. The summed E-state index contributed by atoms with van der Waals surface area (Å²) >= 11 is 1.73. The highest BCUT2D eigenvalue weighted by Gasteiger charge is 2.24. The monoisotopic (exact) mass is 267 g/mol. The van der Waals surface area contributed by atoms with Gasteiger partial charge in [0.05, 0.1) is 10.7 Å². The predicted octanol–water partition coefficient (Wildman–Crippen LogP) is 1.84. The Morgan fingerprint density at radius 3 is 2.78 bits per heavy atom. The van der Waals surface area contributed by atoms with E-state index in [9.17, 15) is 4.79 Å². The Kier molecular flexibility index (Phi) is 4.72. The Hall–Kier alpha value is -0.940. The first-order valence-corrected chi connectivity index (χ1v) is 7.53. The van der Waals surface area contributed by atoms with Crippen molar-refractivity contribution in [3.8, 4) is 0 Å². The van der Waals surface area contributed by atoms with E-state index in [1.807, 2.05) is 0 Å². The Morgan fingerprint density at radius 2 is 2.22 bits per heavy atom. The van der Waals surface area contributed by atoms with Gasteiger partial charge in [0.1, 0.15) is 0 Å². The maximum Gasteiger partial charge on any atom is 0.220 e. The van der Waals surface area contributed by atoms with Gasteiger partial charge in [-0.25, -0.2) is 4.98 Å². The first-order valence-electron chi connectivity index (χ1n) is 6.65. The fourth-order valence-electron chi connectivity index (χ4n) is 2.42. The second-order valence-electron chi connectivity index (χ2n) is 4.92. The molecule has 0 unspecified atom stereocenters. The number of hydrogen-bond acceptors (Lipinski definition) is 4. The summed E-state index contributed by atoms with van der Waals surface area (Å²) in [7, 11) is 0. The number of thiazole rings is 1. The summed E-state index contributed by atoms with van der Waals surface area (Å²) in [6.07, 6.45) is 4.93. The van der Waals surface area contributed by atoms with Crippen molar-refractivity contribution in [3.05, 3.63) is 16.1 Å². The molecular weight excluding hydrogens is 246 g/mol. The smallest absolute Gasteiger partial charge is 0.220 e. The number of nitrogens with one attached hydrogen (secondary N) is 1. The van der Waals surface area contributed by atoms with Gasteiger partial charge in [0.25, 0.3) is 0 Å². The van der Waals surface area contributed by atoms with E-state index in [2.05, 4.69) is 22.6 Å². The molecule has 18 heavy (non-hydrogen) atoms. The number of carbonyl (C=O) groups is 1. The lowest BCUT2D eigenvalue weighted by molar-refractivity contribution is -0.122. The van der Waals surface area contributed by atoms with Gasteiger partial charge in [-0.2, -0.15) is 0 Å². The van der Waals surface area contributed by atoms with Gasteiger partial charge in [0, 0.05) is 23.9 Å². The molecule has 0 spiro atoms. The van der Waals surface area contributed by atoms with Crippen LogP contribution in [0.5, 0.6) is 0 Å². The van der Waals surface area contributed by atoms with E-state index < -0.39 is 0 Å². The summed E-state index contributed by atoms with van der Waals surface area (Å²) in [4.78, 5) is 15.6. The van der Waals surface area contributed by atoms with Crippen molar-refractivity contribution in [1.29, 1.82) is 0 Å². The lowest BCUT2D eigenvalue weighted by Crippen LogP contribution is -2.36. The van der Waals surface area contributed by atoms with Gasteiger partial charge in [0.2, 0.25) is 5.91 Å². The molecule has 1 aromatic heterocycles. The van der Waals surface area contributed by atoms with Gasteiger partial charge in [-0.3, -0.25) is 4.79 Å².